The maximum atomic E-state index is 12.1. The van der Waals surface area contributed by atoms with Crippen LogP contribution in [-0.4, -0.2) is 22.1 Å². The summed E-state index contributed by atoms with van der Waals surface area (Å²) in [7, 11) is 0. The number of anilines is 1. The first-order valence-corrected chi connectivity index (χ1v) is 7.85. The topological polar surface area (TPSA) is 78.4 Å². The van der Waals surface area contributed by atoms with Gasteiger partial charge in [-0.1, -0.05) is 23.2 Å². The maximum Gasteiger partial charge on any atom is 0.335 e. The minimum absolute atomic E-state index is 0.0808. The molecule has 0 saturated heterocycles. The lowest BCUT2D eigenvalue weighted by Gasteiger charge is -2.12. The van der Waals surface area contributed by atoms with E-state index in [0.29, 0.717) is 21.8 Å². The molecule has 2 rings (SSSR count). The molecule has 0 spiro atoms. The predicted molar refractivity (Wildman–Crippen MR) is 98.3 cm³/mol. The van der Waals surface area contributed by atoms with E-state index in [9.17, 15) is 9.59 Å². The third-order valence-corrected chi connectivity index (χ3v) is 4.07. The number of benzene rings is 2. The van der Waals surface area contributed by atoms with E-state index in [1.807, 2.05) is 0 Å². The van der Waals surface area contributed by atoms with Gasteiger partial charge in [0.25, 0.3) is 5.91 Å². The molecule has 124 valence electrons. The quantitative estimate of drug-likeness (QED) is 0.695. The van der Waals surface area contributed by atoms with Gasteiger partial charge in [-0.3, -0.25) is 10.1 Å². The lowest BCUT2D eigenvalue weighted by atomic mass is 10.1. The zero-order valence-electron chi connectivity index (χ0n) is 12.4. The molecule has 3 N–H and O–H groups in total. The Kier molecular flexibility index (Phi) is 5.77. The second kappa shape index (κ2) is 7.61. The number of carboxylic acid groups (broad SMARTS) is 1. The number of carboxylic acids is 1. The van der Waals surface area contributed by atoms with Crippen LogP contribution >= 0.6 is 35.4 Å². The summed E-state index contributed by atoms with van der Waals surface area (Å²) < 4.78 is 0. The van der Waals surface area contributed by atoms with Crippen molar-refractivity contribution in [3.8, 4) is 0 Å². The fraction of sp³-hybridized carbons (Fsp3) is 0.0625. The summed E-state index contributed by atoms with van der Waals surface area (Å²) in [5.41, 5.74) is 1.76. The number of halogens is 2. The first-order chi connectivity index (χ1) is 11.3. The molecule has 0 heterocycles. The number of aryl methyl sites for hydroxylation is 1. The Bertz CT molecular complexity index is 840. The molecule has 0 aliphatic carbocycles. The third-order valence-electron chi connectivity index (χ3n) is 3.13. The average molecular weight is 383 g/mol. The molecule has 24 heavy (non-hydrogen) atoms. The smallest absolute Gasteiger partial charge is 0.335 e. The van der Waals surface area contributed by atoms with Gasteiger partial charge in [-0.2, -0.15) is 0 Å². The van der Waals surface area contributed by atoms with E-state index >= 15 is 0 Å². The number of nitrogens with one attached hydrogen (secondary N) is 2. The van der Waals surface area contributed by atoms with Crippen molar-refractivity contribution in [2.24, 2.45) is 0 Å². The number of thiocarbonyl (C=S) groups is 1. The van der Waals surface area contributed by atoms with Crippen molar-refractivity contribution in [1.82, 2.24) is 5.32 Å². The Labute approximate surface area is 153 Å². The molecule has 2 aromatic carbocycles. The van der Waals surface area contributed by atoms with Crippen LogP contribution in [0, 0.1) is 6.92 Å². The fourth-order valence-electron chi connectivity index (χ4n) is 1.90. The van der Waals surface area contributed by atoms with E-state index in [4.69, 9.17) is 40.5 Å². The predicted octanol–water partition coefficient (Wildman–Crippen LogP) is 4.13. The van der Waals surface area contributed by atoms with Gasteiger partial charge in [0.15, 0.2) is 5.11 Å². The van der Waals surface area contributed by atoms with E-state index in [1.54, 1.807) is 13.0 Å². The van der Waals surface area contributed by atoms with Gasteiger partial charge >= 0.3 is 5.97 Å². The van der Waals surface area contributed by atoms with Crippen LogP contribution < -0.4 is 10.6 Å². The number of amides is 1. The SMILES string of the molecule is Cc1cc(C(=O)O)ccc1NC(=S)NC(=O)c1ccc(Cl)c(Cl)c1. The normalized spacial score (nSPS) is 10.1. The lowest BCUT2D eigenvalue weighted by molar-refractivity contribution is 0.0696. The van der Waals surface area contributed by atoms with Crippen LogP contribution in [0.1, 0.15) is 26.3 Å². The van der Waals surface area contributed by atoms with E-state index in [2.05, 4.69) is 10.6 Å². The van der Waals surface area contributed by atoms with Gasteiger partial charge < -0.3 is 10.4 Å². The van der Waals surface area contributed by atoms with Gasteiger partial charge in [-0.25, -0.2) is 4.79 Å². The maximum absolute atomic E-state index is 12.1. The van der Waals surface area contributed by atoms with Gasteiger partial charge in [0.05, 0.1) is 15.6 Å². The summed E-state index contributed by atoms with van der Waals surface area (Å²) >= 11 is 16.8. The summed E-state index contributed by atoms with van der Waals surface area (Å²) in [4.78, 5) is 23.0. The number of rotatable bonds is 3. The van der Waals surface area contributed by atoms with Crippen LogP contribution in [0.3, 0.4) is 0 Å². The monoisotopic (exact) mass is 382 g/mol. The highest BCUT2D eigenvalue weighted by Crippen LogP contribution is 2.22. The third kappa shape index (κ3) is 4.44. The van der Waals surface area contributed by atoms with Crippen LogP contribution in [-0.2, 0) is 0 Å². The van der Waals surface area contributed by atoms with Crippen molar-refractivity contribution in [2.75, 3.05) is 5.32 Å². The van der Waals surface area contributed by atoms with E-state index in [-0.39, 0.29) is 15.7 Å². The Balaban J connectivity index is 2.06. The Morgan fingerprint density at radius 2 is 1.71 bits per heavy atom. The van der Waals surface area contributed by atoms with Crippen molar-refractivity contribution in [1.29, 1.82) is 0 Å². The van der Waals surface area contributed by atoms with Crippen LogP contribution in [0.4, 0.5) is 5.69 Å². The first kappa shape index (κ1) is 18.2. The van der Waals surface area contributed by atoms with Gasteiger partial charge in [-0.15, -0.1) is 0 Å². The summed E-state index contributed by atoms with van der Waals surface area (Å²) in [6.07, 6.45) is 0. The summed E-state index contributed by atoms with van der Waals surface area (Å²) in [6.45, 7) is 1.73. The number of carbonyl (C=O) groups excluding carboxylic acids is 1. The number of hydrogen-bond acceptors (Lipinski definition) is 3. The van der Waals surface area contributed by atoms with Crippen LogP contribution in [0.2, 0.25) is 10.0 Å². The van der Waals surface area contributed by atoms with Crippen LogP contribution in [0.25, 0.3) is 0 Å². The largest absolute Gasteiger partial charge is 0.478 e. The molecule has 0 unspecified atom stereocenters. The molecule has 1 amide bonds. The Hall–Kier alpha value is -2.15. The molecule has 0 aromatic heterocycles. The highest BCUT2D eigenvalue weighted by molar-refractivity contribution is 7.80. The lowest BCUT2D eigenvalue weighted by Crippen LogP contribution is -2.34. The van der Waals surface area contributed by atoms with Crippen molar-refractivity contribution in [3.63, 3.8) is 0 Å². The Morgan fingerprint density at radius 1 is 1.04 bits per heavy atom. The molecule has 5 nitrogen and oxygen atoms in total. The van der Waals surface area contributed by atoms with E-state index in [1.165, 1.54) is 30.3 Å². The van der Waals surface area contributed by atoms with Gasteiger partial charge in [0.2, 0.25) is 0 Å². The molecule has 0 aliphatic heterocycles. The molecule has 0 saturated carbocycles. The standard InChI is InChI=1S/C16H12Cl2N2O3S/c1-8-6-10(15(22)23)3-5-13(8)19-16(24)20-14(21)9-2-4-11(17)12(18)7-9/h2-7H,1H3,(H,22,23)(H2,19,20,21,24). The summed E-state index contributed by atoms with van der Waals surface area (Å²) in [5.74, 6) is -1.45. The number of hydrogen-bond donors (Lipinski definition) is 3. The molecule has 0 aliphatic rings. The summed E-state index contributed by atoms with van der Waals surface area (Å²) in [5, 5.41) is 15.0. The molecule has 2 aromatic rings. The van der Waals surface area contributed by atoms with Crippen molar-refractivity contribution >= 4 is 58.1 Å². The van der Waals surface area contributed by atoms with Crippen LogP contribution in [0.15, 0.2) is 36.4 Å². The highest BCUT2D eigenvalue weighted by atomic mass is 35.5. The van der Waals surface area contributed by atoms with Crippen molar-refractivity contribution < 1.29 is 14.7 Å². The van der Waals surface area contributed by atoms with Gasteiger partial charge in [0, 0.05) is 11.3 Å². The number of carbonyl (C=O) groups is 2. The second-order valence-electron chi connectivity index (χ2n) is 4.87. The minimum Gasteiger partial charge on any atom is -0.478 e. The minimum atomic E-state index is -1.01. The van der Waals surface area contributed by atoms with E-state index in [0.717, 1.165) is 0 Å². The van der Waals surface area contributed by atoms with Crippen LogP contribution in [0.5, 0.6) is 0 Å². The highest BCUT2D eigenvalue weighted by Gasteiger charge is 2.11. The first-order valence-electron chi connectivity index (χ1n) is 6.69. The molecule has 0 fully saturated rings. The zero-order chi connectivity index (χ0) is 17.9. The fourth-order valence-corrected chi connectivity index (χ4v) is 2.40. The second-order valence-corrected chi connectivity index (χ2v) is 6.09. The molecular weight excluding hydrogens is 371 g/mol. The van der Waals surface area contributed by atoms with E-state index < -0.39 is 11.9 Å². The Morgan fingerprint density at radius 3 is 2.29 bits per heavy atom. The van der Waals surface area contributed by atoms with Crippen molar-refractivity contribution in [3.05, 3.63) is 63.1 Å². The molecule has 0 bridgehead atoms. The van der Waals surface area contributed by atoms with Gasteiger partial charge in [0.1, 0.15) is 0 Å². The molecule has 8 heteroatoms. The summed E-state index contributed by atoms with van der Waals surface area (Å²) in [6, 6.07) is 9.02. The average Bonchev–Trinajstić information content (AvgIpc) is 2.51. The molecular formula is C16H12Cl2N2O3S. The molecule has 0 radical (unpaired) electrons. The zero-order valence-corrected chi connectivity index (χ0v) is 14.7. The number of aromatic carboxylic acids is 1. The molecule has 0 atom stereocenters. The van der Waals surface area contributed by atoms with Gasteiger partial charge in [-0.05, 0) is 61.1 Å². The van der Waals surface area contributed by atoms with Crippen molar-refractivity contribution in [2.45, 2.75) is 6.92 Å².